The number of benzene rings is 1. The van der Waals surface area contributed by atoms with Gasteiger partial charge in [-0.3, -0.25) is 14.7 Å². The molecule has 1 aromatic carbocycles. The summed E-state index contributed by atoms with van der Waals surface area (Å²) in [6.07, 6.45) is 0. The van der Waals surface area contributed by atoms with Crippen molar-refractivity contribution in [3.05, 3.63) is 57.8 Å². The minimum atomic E-state index is -3.64. The van der Waals surface area contributed by atoms with E-state index in [0.29, 0.717) is 5.69 Å². The van der Waals surface area contributed by atoms with Gasteiger partial charge in [-0.25, -0.2) is 0 Å². The summed E-state index contributed by atoms with van der Waals surface area (Å²) in [5, 5.41) is 13.8. The van der Waals surface area contributed by atoms with Crippen molar-refractivity contribution in [1.82, 2.24) is 0 Å². The van der Waals surface area contributed by atoms with Gasteiger partial charge in [0.2, 0.25) is 0 Å². The number of hydrogen-bond acceptors (Lipinski definition) is 7. The normalized spacial score (nSPS) is 12.8. The van der Waals surface area contributed by atoms with E-state index in [-0.39, 0.29) is 5.76 Å². The van der Waals surface area contributed by atoms with Crippen LogP contribution in [-0.2, 0) is 13.6 Å². The molecule has 1 atom stereocenters. The Hall–Kier alpha value is -2.15. The first kappa shape index (κ1) is 17.2. The van der Waals surface area contributed by atoms with E-state index >= 15 is 0 Å². The molecule has 0 bridgehead atoms. The molecule has 1 aromatic heterocycles. The summed E-state index contributed by atoms with van der Waals surface area (Å²) in [7, 11) is -1.15. The Morgan fingerprint density at radius 2 is 1.96 bits per heavy atom. The minimum Gasteiger partial charge on any atom is -0.403 e. The number of anilines is 1. The van der Waals surface area contributed by atoms with E-state index in [1.807, 2.05) is 25.1 Å². The first-order valence-electron chi connectivity index (χ1n) is 6.68. The third kappa shape index (κ3) is 3.79. The first-order chi connectivity index (χ1) is 10.9. The molecule has 0 saturated carbocycles. The topological polar surface area (TPSA) is 104 Å². The summed E-state index contributed by atoms with van der Waals surface area (Å²) in [5.74, 6) is -1.38. The van der Waals surface area contributed by atoms with E-state index in [1.165, 1.54) is 26.4 Å². The van der Waals surface area contributed by atoms with E-state index in [1.54, 1.807) is 6.07 Å². The quantitative estimate of drug-likeness (QED) is 0.460. The number of hydrogen-bond donors (Lipinski definition) is 1. The van der Waals surface area contributed by atoms with Gasteiger partial charge < -0.3 is 18.8 Å². The molecule has 2 rings (SSSR count). The average molecular weight is 340 g/mol. The molecule has 0 aliphatic carbocycles. The second-order valence-corrected chi connectivity index (χ2v) is 7.08. The van der Waals surface area contributed by atoms with Crippen molar-refractivity contribution in [2.75, 3.05) is 19.5 Å². The van der Waals surface area contributed by atoms with Gasteiger partial charge in [0.05, 0.1) is 6.07 Å². The summed E-state index contributed by atoms with van der Waals surface area (Å²) in [4.78, 5) is 10.1. The Balaban J connectivity index is 2.42. The van der Waals surface area contributed by atoms with E-state index in [4.69, 9.17) is 13.5 Å². The molecule has 1 N–H and O–H groups in total. The monoisotopic (exact) mass is 340 g/mol. The molecule has 1 heterocycles. The maximum Gasteiger partial charge on any atom is 0.433 e. The highest BCUT2D eigenvalue weighted by molar-refractivity contribution is 7.54. The summed E-state index contributed by atoms with van der Waals surface area (Å²) in [5.41, 5.74) is 1.65. The van der Waals surface area contributed by atoms with E-state index in [9.17, 15) is 14.7 Å². The third-order valence-electron chi connectivity index (χ3n) is 3.21. The van der Waals surface area contributed by atoms with Gasteiger partial charge in [0.25, 0.3) is 0 Å². The molecular formula is C14H17N2O6P. The van der Waals surface area contributed by atoms with Gasteiger partial charge in [0, 0.05) is 19.9 Å². The lowest BCUT2D eigenvalue weighted by molar-refractivity contribution is -0.402. The molecule has 0 amide bonds. The molecule has 0 aliphatic heterocycles. The Morgan fingerprint density at radius 1 is 1.26 bits per heavy atom. The number of aryl methyl sites for hydroxylation is 1. The number of nitrogens with zero attached hydrogens (tertiary/aromatic N) is 1. The van der Waals surface area contributed by atoms with Crippen molar-refractivity contribution < 1.29 is 23.0 Å². The van der Waals surface area contributed by atoms with Crippen LogP contribution >= 0.6 is 7.60 Å². The fourth-order valence-electron chi connectivity index (χ4n) is 2.07. The molecule has 9 heteroatoms. The second-order valence-electron chi connectivity index (χ2n) is 4.75. The highest BCUT2D eigenvalue weighted by atomic mass is 31.2. The van der Waals surface area contributed by atoms with Gasteiger partial charge in [-0.1, -0.05) is 12.1 Å². The SMILES string of the molecule is COP(=O)(OC)C(Nc1cccc(C)c1)c1ccc([N+](=O)[O-])o1. The number of nitrogens with one attached hydrogen (secondary N) is 1. The van der Waals surface area contributed by atoms with E-state index < -0.39 is 24.2 Å². The molecule has 0 radical (unpaired) electrons. The fourth-order valence-corrected chi connectivity index (χ4v) is 3.40. The molecule has 0 saturated heterocycles. The Bertz CT molecular complexity index is 736. The zero-order valence-corrected chi connectivity index (χ0v) is 13.8. The molecule has 0 spiro atoms. The predicted octanol–water partition coefficient (Wildman–Crippen LogP) is 4.09. The van der Waals surface area contributed by atoms with Gasteiger partial charge in [0.1, 0.15) is 10.7 Å². The lowest BCUT2D eigenvalue weighted by atomic mass is 10.2. The smallest absolute Gasteiger partial charge is 0.403 e. The molecule has 1 unspecified atom stereocenters. The lowest BCUT2D eigenvalue weighted by Crippen LogP contribution is -2.13. The van der Waals surface area contributed by atoms with Crippen molar-refractivity contribution >= 4 is 19.2 Å². The molecule has 0 fully saturated rings. The number of nitro groups is 1. The molecule has 2 aromatic rings. The van der Waals surface area contributed by atoms with Gasteiger partial charge in [-0.2, -0.15) is 0 Å². The zero-order chi connectivity index (χ0) is 17.0. The van der Waals surface area contributed by atoms with Crippen LogP contribution in [0.25, 0.3) is 0 Å². The van der Waals surface area contributed by atoms with Crippen LogP contribution in [0.3, 0.4) is 0 Å². The maximum atomic E-state index is 12.8. The second kappa shape index (κ2) is 6.95. The van der Waals surface area contributed by atoms with Crippen LogP contribution in [0.1, 0.15) is 17.1 Å². The van der Waals surface area contributed by atoms with Crippen LogP contribution in [-0.4, -0.2) is 19.1 Å². The van der Waals surface area contributed by atoms with Crippen molar-refractivity contribution in [3.63, 3.8) is 0 Å². The fraction of sp³-hybridized carbons (Fsp3) is 0.286. The average Bonchev–Trinajstić information content (AvgIpc) is 3.02. The summed E-state index contributed by atoms with van der Waals surface area (Å²) >= 11 is 0. The standard InChI is InChI=1S/C14H17N2O6P/c1-10-5-4-6-11(9-10)15-14(23(19,20-2)21-3)12-7-8-13(22-12)16(17)18/h4-9,14-15H,1-3H3. The molecule has 8 nitrogen and oxygen atoms in total. The Morgan fingerprint density at radius 3 is 2.48 bits per heavy atom. The zero-order valence-electron chi connectivity index (χ0n) is 12.9. The van der Waals surface area contributed by atoms with Gasteiger partial charge in [0.15, 0.2) is 5.78 Å². The van der Waals surface area contributed by atoms with E-state index in [0.717, 1.165) is 5.56 Å². The number of furan rings is 1. The van der Waals surface area contributed by atoms with Crippen LogP contribution < -0.4 is 5.32 Å². The predicted molar refractivity (Wildman–Crippen MR) is 84.5 cm³/mol. The van der Waals surface area contributed by atoms with Crippen molar-refractivity contribution in [2.24, 2.45) is 0 Å². The third-order valence-corrected chi connectivity index (χ3v) is 5.24. The van der Waals surface area contributed by atoms with E-state index in [2.05, 4.69) is 5.32 Å². The molecular weight excluding hydrogens is 323 g/mol. The molecule has 23 heavy (non-hydrogen) atoms. The van der Waals surface area contributed by atoms with Crippen LogP contribution in [0, 0.1) is 17.0 Å². The van der Waals surface area contributed by atoms with Crippen molar-refractivity contribution in [2.45, 2.75) is 12.7 Å². The summed E-state index contributed by atoms with van der Waals surface area (Å²) < 4.78 is 28.0. The Kier molecular flexibility index (Phi) is 5.20. The van der Waals surface area contributed by atoms with Crippen molar-refractivity contribution in [3.8, 4) is 0 Å². The summed E-state index contributed by atoms with van der Waals surface area (Å²) in [6.45, 7) is 1.91. The van der Waals surface area contributed by atoms with Gasteiger partial charge >= 0.3 is 13.5 Å². The van der Waals surface area contributed by atoms with Crippen LogP contribution in [0.5, 0.6) is 0 Å². The molecule has 0 aliphatic rings. The Labute approximate surface area is 133 Å². The van der Waals surface area contributed by atoms with Gasteiger partial charge in [-0.05, 0) is 30.7 Å². The largest absolute Gasteiger partial charge is 0.433 e. The minimum absolute atomic E-state index is 0.0882. The number of rotatable bonds is 7. The van der Waals surface area contributed by atoms with Crippen molar-refractivity contribution in [1.29, 1.82) is 0 Å². The first-order valence-corrected chi connectivity index (χ1v) is 8.29. The highest BCUT2D eigenvalue weighted by Gasteiger charge is 2.39. The van der Waals surface area contributed by atoms with Crippen LogP contribution in [0.15, 0.2) is 40.8 Å². The lowest BCUT2D eigenvalue weighted by Gasteiger charge is -2.24. The molecule has 124 valence electrons. The van der Waals surface area contributed by atoms with Gasteiger partial charge in [-0.15, -0.1) is 0 Å². The summed E-state index contributed by atoms with van der Waals surface area (Å²) in [6, 6.07) is 9.90. The van der Waals surface area contributed by atoms with Crippen LogP contribution in [0.4, 0.5) is 11.6 Å². The van der Waals surface area contributed by atoms with Crippen LogP contribution in [0.2, 0.25) is 0 Å². The maximum absolute atomic E-state index is 12.8. The highest BCUT2D eigenvalue weighted by Crippen LogP contribution is 2.60.